The van der Waals surface area contributed by atoms with Gasteiger partial charge in [-0.3, -0.25) is 4.79 Å². The van der Waals surface area contributed by atoms with Crippen LogP contribution in [-0.4, -0.2) is 57.2 Å². The Morgan fingerprint density at radius 2 is 1.72 bits per heavy atom. The molecule has 1 amide bonds. The van der Waals surface area contributed by atoms with E-state index in [1.807, 2.05) is 35.2 Å². The molecule has 1 saturated heterocycles. The first-order valence-corrected chi connectivity index (χ1v) is 10.3. The normalized spacial score (nSPS) is 16.1. The summed E-state index contributed by atoms with van der Waals surface area (Å²) in [6.07, 6.45) is 4.03. The average molecular weight is 388 g/mol. The summed E-state index contributed by atoms with van der Waals surface area (Å²) >= 11 is 0. The molecule has 3 aromatic rings. The smallest absolute Gasteiger partial charge is 0.250 e. The number of piperazine rings is 1. The highest BCUT2D eigenvalue weighted by Gasteiger charge is 2.25. The number of nitrogens with zero attached hydrogens (tertiary/aromatic N) is 6. The van der Waals surface area contributed by atoms with E-state index in [2.05, 4.69) is 38.6 Å². The van der Waals surface area contributed by atoms with Crippen molar-refractivity contribution in [3.05, 3.63) is 65.2 Å². The maximum Gasteiger partial charge on any atom is 0.250 e. The average Bonchev–Trinajstić information content (AvgIpc) is 3.44. The standard InChI is InChI=1S/C22H24N6O/c29-21(16-17-9-10-18-5-4-6-19(18)15-17)26-11-13-27(14-12-26)22-23-24-25-28(22)20-7-2-1-3-8-20/h1-3,7-10,15H,4-6,11-14,16H2. The number of hydrogen-bond acceptors (Lipinski definition) is 5. The van der Waals surface area contributed by atoms with Crippen LogP contribution in [-0.2, 0) is 24.1 Å². The second kappa shape index (κ2) is 7.66. The lowest BCUT2D eigenvalue weighted by Crippen LogP contribution is -2.50. The van der Waals surface area contributed by atoms with Crippen LogP contribution in [0.25, 0.3) is 5.69 Å². The van der Waals surface area contributed by atoms with Crippen LogP contribution < -0.4 is 4.90 Å². The molecule has 0 radical (unpaired) electrons. The van der Waals surface area contributed by atoms with Crippen molar-refractivity contribution in [3.63, 3.8) is 0 Å². The van der Waals surface area contributed by atoms with Gasteiger partial charge in [0.25, 0.3) is 0 Å². The van der Waals surface area contributed by atoms with Crippen molar-refractivity contribution in [2.24, 2.45) is 0 Å². The molecule has 2 aromatic carbocycles. The van der Waals surface area contributed by atoms with Gasteiger partial charge in [-0.25, -0.2) is 0 Å². The third-order valence-electron chi connectivity index (χ3n) is 5.89. The summed E-state index contributed by atoms with van der Waals surface area (Å²) in [7, 11) is 0. The Labute approximate surface area is 169 Å². The van der Waals surface area contributed by atoms with Gasteiger partial charge in [0.05, 0.1) is 12.1 Å². The van der Waals surface area contributed by atoms with Gasteiger partial charge in [-0.15, -0.1) is 0 Å². The van der Waals surface area contributed by atoms with Gasteiger partial charge in [0.15, 0.2) is 0 Å². The lowest BCUT2D eigenvalue weighted by atomic mass is 10.0. The van der Waals surface area contributed by atoms with Gasteiger partial charge in [0.1, 0.15) is 0 Å². The van der Waals surface area contributed by atoms with E-state index < -0.39 is 0 Å². The zero-order chi connectivity index (χ0) is 19.6. The minimum absolute atomic E-state index is 0.199. The van der Waals surface area contributed by atoms with Gasteiger partial charge in [-0.05, 0) is 58.5 Å². The summed E-state index contributed by atoms with van der Waals surface area (Å²) in [4.78, 5) is 16.9. The van der Waals surface area contributed by atoms with Crippen LogP contribution in [0.15, 0.2) is 48.5 Å². The molecule has 1 aliphatic heterocycles. The third kappa shape index (κ3) is 3.60. The van der Waals surface area contributed by atoms with Crippen LogP contribution in [0.1, 0.15) is 23.1 Å². The largest absolute Gasteiger partial charge is 0.339 e. The molecule has 1 aliphatic carbocycles. The van der Waals surface area contributed by atoms with Crippen molar-refractivity contribution in [1.82, 2.24) is 25.1 Å². The number of fused-ring (bicyclic) bond motifs is 1. The van der Waals surface area contributed by atoms with E-state index in [1.54, 1.807) is 4.68 Å². The van der Waals surface area contributed by atoms with Gasteiger partial charge in [-0.2, -0.15) is 4.68 Å². The van der Waals surface area contributed by atoms with Crippen molar-refractivity contribution >= 4 is 11.9 Å². The van der Waals surface area contributed by atoms with Gasteiger partial charge in [0, 0.05) is 26.2 Å². The number of tetrazole rings is 1. The highest BCUT2D eigenvalue weighted by Crippen LogP contribution is 2.23. The van der Waals surface area contributed by atoms with E-state index in [-0.39, 0.29) is 5.91 Å². The Balaban J connectivity index is 1.22. The van der Waals surface area contributed by atoms with Crippen molar-refractivity contribution < 1.29 is 4.79 Å². The summed E-state index contributed by atoms with van der Waals surface area (Å²) < 4.78 is 1.75. The molecule has 0 atom stereocenters. The van der Waals surface area contributed by atoms with E-state index in [0.29, 0.717) is 19.5 Å². The molecule has 2 heterocycles. The van der Waals surface area contributed by atoms with Crippen LogP contribution in [0.2, 0.25) is 0 Å². The van der Waals surface area contributed by atoms with Crippen LogP contribution in [0.5, 0.6) is 0 Å². The topological polar surface area (TPSA) is 67.2 Å². The highest BCUT2D eigenvalue weighted by atomic mass is 16.2. The number of carbonyl (C=O) groups is 1. The Kier molecular flexibility index (Phi) is 4.71. The number of rotatable bonds is 4. The van der Waals surface area contributed by atoms with Crippen LogP contribution >= 0.6 is 0 Å². The summed E-state index contributed by atoms with van der Waals surface area (Å²) in [6.45, 7) is 2.82. The summed E-state index contributed by atoms with van der Waals surface area (Å²) in [5.41, 5.74) is 4.94. The molecular weight excluding hydrogens is 364 g/mol. The molecule has 7 heteroatoms. The number of aryl methyl sites for hydroxylation is 2. The number of carbonyl (C=O) groups excluding carboxylic acids is 1. The SMILES string of the molecule is O=C(Cc1ccc2c(c1)CCC2)N1CCN(c2nnnn2-c2ccccc2)CC1. The van der Waals surface area contributed by atoms with Gasteiger partial charge in [-0.1, -0.05) is 41.5 Å². The number of aromatic nitrogens is 4. The van der Waals surface area contributed by atoms with Crippen LogP contribution in [0, 0.1) is 0 Å². The fourth-order valence-corrected chi connectivity index (χ4v) is 4.29. The Morgan fingerprint density at radius 3 is 2.55 bits per heavy atom. The quantitative estimate of drug-likeness (QED) is 0.684. The summed E-state index contributed by atoms with van der Waals surface area (Å²) in [5.74, 6) is 0.923. The molecule has 0 bridgehead atoms. The van der Waals surface area contributed by atoms with Gasteiger partial charge < -0.3 is 9.80 Å². The summed E-state index contributed by atoms with van der Waals surface area (Å²) in [6, 6.07) is 16.4. The van der Waals surface area contributed by atoms with Gasteiger partial charge >= 0.3 is 0 Å². The molecule has 148 valence electrons. The number of amides is 1. The number of anilines is 1. The second-order valence-electron chi connectivity index (χ2n) is 7.73. The first-order valence-electron chi connectivity index (χ1n) is 10.3. The number of hydrogen-bond donors (Lipinski definition) is 0. The number of para-hydroxylation sites is 1. The lowest BCUT2D eigenvalue weighted by molar-refractivity contribution is -0.130. The fourth-order valence-electron chi connectivity index (χ4n) is 4.29. The fraction of sp³-hybridized carbons (Fsp3) is 0.364. The molecular formula is C22H24N6O. The second-order valence-corrected chi connectivity index (χ2v) is 7.73. The molecule has 0 saturated carbocycles. The maximum absolute atomic E-state index is 12.8. The van der Waals surface area contributed by atoms with Gasteiger partial charge in [0.2, 0.25) is 11.9 Å². The predicted octanol–water partition coefficient (Wildman–Crippen LogP) is 2.04. The van der Waals surface area contributed by atoms with E-state index in [4.69, 9.17) is 0 Å². The molecule has 0 unspecified atom stereocenters. The van der Waals surface area contributed by atoms with Crippen LogP contribution in [0.4, 0.5) is 5.95 Å². The zero-order valence-corrected chi connectivity index (χ0v) is 16.4. The molecule has 1 aromatic heterocycles. The van der Waals surface area contributed by atoms with Crippen molar-refractivity contribution in [2.75, 3.05) is 31.1 Å². The van der Waals surface area contributed by atoms with E-state index in [0.717, 1.165) is 36.7 Å². The lowest BCUT2D eigenvalue weighted by Gasteiger charge is -2.35. The Bertz CT molecular complexity index is 1010. The molecule has 0 spiro atoms. The Morgan fingerprint density at radius 1 is 0.931 bits per heavy atom. The molecule has 2 aliphatic rings. The number of benzene rings is 2. The minimum Gasteiger partial charge on any atom is -0.339 e. The molecule has 29 heavy (non-hydrogen) atoms. The van der Waals surface area contributed by atoms with Crippen molar-refractivity contribution in [2.45, 2.75) is 25.7 Å². The maximum atomic E-state index is 12.8. The highest BCUT2D eigenvalue weighted by molar-refractivity contribution is 5.79. The third-order valence-corrected chi connectivity index (χ3v) is 5.89. The molecule has 0 N–H and O–H groups in total. The van der Waals surface area contributed by atoms with Crippen molar-refractivity contribution in [1.29, 1.82) is 0 Å². The minimum atomic E-state index is 0.199. The zero-order valence-electron chi connectivity index (χ0n) is 16.4. The van der Waals surface area contributed by atoms with E-state index in [1.165, 1.54) is 24.0 Å². The molecule has 7 nitrogen and oxygen atoms in total. The van der Waals surface area contributed by atoms with Crippen LogP contribution in [0.3, 0.4) is 0 Å². The predicted molar refractivity (Wildman–Crippen MR) is 110 cm³/mol. The molecule has 5 rings (SSSR count). The first kappa shape index (κ1) is 17.8. The van der Waals surface area contributed by atoms with Crippen molar-refractivity contribution in [3.8, 4) is 5.69 Å². The molecule has 1 fully saturated rings. The monoisotopic (exact) mass is 388 g/mol. The summed E-state index contributed by atoms with van der Waals surface area (Å²) in [5, 5.41) is 12.2. The van der Waals surface area contributed by atoms with E-state index >= 15 is 0 Å². The Hall–Kier alpha value is -3.22. The first-order chi connectivity index (χ1) is 14.3. The van der Waals surface area contributed by atoms with E-state index in [9.17, 15) is 4.79 Å².